The Balaban J connectivity index is 3.32. The Kier molecular flexibility index (Phi) is 34.9. The Bertz CT molecular complexity index is 2630. The van der Waals surface area contributed by atoms with Crippen LogP contribution in [0.25, 0.3) is 0 Å². The lowest BCUT2D eigenvalue weighted by molar-refractivity contribution is -0.150. The number of likely N-dealkylation sites (tertiary alicyclic amines) is 1. The van der Waals surface area contributed by atoms with Crippen LogP contribution in [0.4, 0.5) is 0 Å². The minimum absolute atomic E-state index is 0.000904. The van der Waals surface area contributed by atoms with Crippen LogP contribution in [0.1, 0.15) is 133 Å². The van der Waals surface area contributed by atoms with Crippen molar-refractivity contribution in [3.8, 4) is 0 Å². The molecule has 0 saturated carbocycles. The molecule has 1 rings (SSSR count). The fraction of sp³-hybridized carbons (Fsp3) is 0.709. The molecule has 1 aliphatic rings. The molecule has 1 aliphatic heterocycles. The lowest BCUT2D eigenvalue weighted by Gasteiger charge is -2.30. The number of carboxylic acid groups (broad SMARTS) is 2. The summed E-state index contributed by atoms with van der Waals surface area (Å²) in [5.41, 5.74) is 39.0. The van der Waals surface area contributed by atoms with Crippen molar-refractivity contribution in [2.45, 2.75) is 206 Å². The third-order valence-electron chi connectivity index (χ3n) is 14.6. The van der Waals surface area contributed by atoms with E-state index in [0.717, 1.165) is 0 Å². The molecule has 1 heterocycles. The van der Waals surface area contributed by atoms with Crippen LogP contribution in [0.2, 0.25) is 0 Å². The highest BCUT2D eigenvalue weighted by atomic mass is 16.4. The van der Waals surface area contributed by atoms with Crippen LogP contribution in [0.3, 0.4) is 0 Å². The van der Waals surface area contributed by atoms with Gasteiger partial charge in [-0.15, -0.1) is 0 Å². The number of rotatable bonds is 40. The molecule has 0 aromatic carbocycles. The summed E-state index contributed by atoms with van der Waals surface area (Å²) in [5.74, 6) is -14.4. The summed E-state index contributed by atoms with van der Waals surface area (Å²) in [6, 6.07) is -16.2. The van der Waals surface area contributed by atoms with Crippen molar-refractivity contribution in [1.29, 1.82) is 0 Å². The first-order valence-electron chi connectivity index (χ1n) is 30.1. The number of guanidine groups is 3. The minimum Gasteiger partial charge on any atom is -0.481 e. The first-order chi connectivity index (χ1) is 42.4. The molecule has 0 unspecified atom stereocenters. The molecule has 0 aliphatic carbocycles. The van der Waals surface area contributed by atoms with Crippen LogP contribution in [0.15, 0.2) is 15.0 Å². The molecule has 13 atom stereocenters. The van der Waals surface area contributed by atoms with Crippen LogP contribution >= 0.6 is 0 Å². The van der Waals surface area contributed by atoms with Gasteiger partial charge < -0.3 is 108 Å². The van der Waals surface area contributed by atoms with Crippen molar-refractivity contribution < 1.29 is 72.5 Å². The topological polar surface area (TPSA) is 605 Å². The van der Waals surface area contributed by atoms with Gasteiger partial charge in [0.25, 0.3) is 0 Å². The van der Waals surface area contributed by atoms with Gasteiger partial charge in [0.2, 0.25) is 65.0 Å². The number of nitrogens with one attached hydrogen (secondary N) is 10. The Morgan fingerprint density at radius 3 is 1.14 bits per heavy atom. The lowest BCUT2D eigenvalue weighted by Crippen LogP contribution is -2.60. The zero-order chi connectivity index (χ0) is 69.6. The van der Waals surface area contributed by atoms with Crippen molar-refractivity contribution in [1.82, 2.24) is 58.1 Å². The average Bonchev–Trinajstić information content (AvgIpc) is 2.94. The number of nitrogens with two attached hydrogens (primary N) is 7. The molecule has 26 N–H and O–H groups in total. The van der Waals surface area contributed by atoms with Crippen molar-refractivity contribution in [3.05, 3.63) is 0 Å². The molecule has 36 nitrogen and oxygen atoms in total. The van der Waals surface area contributed by atoms with Crippen molar-refractivity contribution in [2.75, 3.05) is 26.2 Å². The van der Waals surface area contributed by atoms with Crippen molar-refractivity contribution in [3.63, 3.8) is 0 Å². The molecule has 0 bridgehead atoms. The number of amides is 11. The normalized spacial score (nSPS) is 16.7. The summed E-state index contributed by atoms with van der Waals surface area (Å²) in [7, 11) is 0. The summed E-state index contributed by atoms with van der Waals surface area (Å²) in [6.45, 7) is 15.4. The van der Waals surface area contributed by atoms with Gasteiger partial charge in [-0.2, -0.15) is 0 Å². The first-order valence-corrected chi connectivity index (χ1v) is 30.1. The number of carbonyl (C=O) groups is 13. The largest absolute Gasteiger partial charge is 0.481 e. The molecule has 0 radical (unpaired) electrons. The Morgan fingerprint density at radius 2 is 0.780 bits per heavy atom. The van der Waals surface area contributed by atoms with E-state index in [0.29, 0.717) is 12.8 Å². The van der Waals surface area contributed by atoms with E-state index in [1.165, 1.54) is 32.6 Å². The Labute approximate surface area is 528 Å². The first kappa shape index (κ1) is 79.9. The van der Waals surface area contributed by atoms with E-state index < -0.39 is 168 Å². The quantitative estimate of drug-likeness (QED) is 0.0154. The second-order valence-electron chi connectivity index (χ2n) is 23.0. The van der Waals surface area contributed by atoms with Crippen LogP contribution in [0, 0.1) is 17.8 Å². The highest BCUT2D eigenvalue weighted by Crippen LogP contribution is 2.21. The average molecular weight is 1290 g/mol. The molecular formula is C55H99N21O15. The molecule has 1 saturated heterocycles. The van der Waals surface area contributed by atoms with Gasteiger partial charge in [0.15, 0.2) is 17.9 Å². The van der Waals surface area contributed by atoms with Gasteiger partial charge in [-0.05, 0) is 96.8 Å². The Hall–Kier alpha value is -9.12. The van der Waals surface area contributed by atoms with Crippen molar-refractivity contribution in [2.24, 2.45) is 72.9 Å². The number of carbonyl (C=O) groups excluding carboxylic acids is 11. The van der Waals surface area contributed by atoms with Gasteiger partial charge in [-0.25, -0.2) is 4.79 Å². The summed E-state index contributed by atoms with van der Waals surface area (Å²) in [6.07, 6.45) is 0.101. The number of aliphatic carboxylic acids is 2. The maximum atomic E-state index is 14.1. The van der Waals surface area contributed by atoms with Crippen molar-refractivity contribution >= 4 is 94.8 Å². The van der Waals surface area contributed by atoms with E-state index in [1.54, 1.807) is 34.6 Å². The fourth-order valence-electron chi connectivity index (χ4n) is 8.93. The fourth-order valence-corrected chi connectivity index (χ4v) is 8.93. The van der Waals surface area contributed by atoms with E-state index in [2.05, 4.69) is 68.1 Å². The molecule has 1 fully saturated rings. The van der Waals surface area contributed by atoms with Gasteiger partial charge in [-0.3, -0.25) is 72.5 Å². The third kappa shape index (κ3) is 28.9. The zero-order valence-electron chi connectivity index (χ0n) is 53.6. The smallest absolute Gasteiger partial charge is 0.326 e. The number of nitrogens with zero attached hydrogens (tertiary/aromatic N) is 4. The van der Waals surface area contributed by atoms with Gasteiger partial charge in [0.05, 0.1) is 12.5 Å². The molecule has 36 heteroatoms. The molecule has 91 heavy (non-hydrogen) atoms. The molecule has 0 aromatic rings. The SMILES string of the molecule is CC[C@H](C)[C@H](N)C(=O)N[C@H](C(=O)N[C@@H](CCCN=C(N)N)C(=O)N[C@@H](CCCN=C(N)N)C(=O)N[C@@H](C)C(=O)N[C@@H](C)C(=O)N[C@@H](CC(=O)O)C(=O)N[C@@H](CCCN=C(N)N)C(=O)N[C@@H](C)C(=O)N[C@@H](C)C(=O)N[C@H](C(=O)N1CCC[C@H]1C(=O)O)C(C)C)C(C)C. The zero-order valence-corrected chi connectivity index (χ0v) is 53.6. The van der Waals surface area contributed by atoms with Crippen LogP contribution < -0.4 is 93.3 Å². The number of hydrogen-bond acceptors (Lipinski definition) is 17. The van der Waals surface area contributed by atoms with Gasteiger partial charge in [0, 0.05) is 26.2 Å². The summed E-state index contributed by atoms with van der Waals surface area (Å²) in [5, 5.41) is 44.2. The predicted molar refractivity (Wildman–Crippen MR) is 333 cm³/mol. The monoisotopic (exact) mass is 1290 g/mol. The van der Waals surface area contributed by atoms with Gasteiger partial charge >= 0.3 is 11.9 Å². The van der Waals surface area contributed by atoms with Crippen LogP contribution in [0.5, 0.6) is 0 Å². The molecule has 11 amide bonds. The summed E-state index contributed by atoms with van der Waals surface area (Å²) >= 11 is 0. The van der Waals surface area contributed by atoms with Crippen LogP contribution in [-0.4, -0.2) is 209 Å². The second-order valence-corrected chi connectivity index (χ2v) is 23.0. The van der Waals surface area contributed by atoms with E-state index in [-0.39, 0.29) is 94.9 Å². The standard InChI is InChI=1S/C55H99N21O15/c1-11-27(6)38(56)49(87)74-39(25(2)3)50(88)72-34(18-14-22-65-55(61)62)47(85)70-32(16-12-20-63-53(57)58)45(83)68-28(7)41(79)66-30(9)43(81)73-35(24-37(77)78)48(86)71-33(17-13-21-64-54(59)60)46(84)69-29(8)42(80)67-31(10)44(82)75-40(26(4)5)51(89)76-23-15-19-36(76)52(90)91/h25-36,38-40H,11-24,56H2,1-10H3,(H,66,79)(H,67,80)(H,68,83)(H,69,84)(H,70,85)(H,71,86)(H,72,88)(H,73,81)(H,74,87)(H,75,82)(H,77,78)(H,90,91)(H4,57,58,63)(H4,59,60,64)(H4,61,62,65)/t27-,28-,29-,30-,31-,32-,33-,34-,35-,36-,38-,39-,40-/m0/s1. The molecular weight excluding hydrogens is 1190 g/mol. The summed E-state index contributed by atoms with van der Waals surface area (Å²) < 4.78 is 0. The maximum Gasteiger partial charge on any atom is 0.326 e. The van der Waals surface area contributed by atoms with E-state index >= 15 is 0 Å². The predicted octanol–water partition coefficient (Wildman–Crippen LogP) is -6.69. The third-order valence-corrected chi connectivity index (χ3v) is 14.6. The number of hydrogen-bond donors (Lipinski definition) is 19. The van der Waals surface area contributed by atoms with E-state index in [9.17, 15) is 72.5 Å². The van der Waals surface area contributed by atoms with Crippen LogP contribution in [-0.2, 0) is 62.3 Å². The molecule has 0 spiro atoms. The minimum atomic E-state index is -1.90. The van der Waals surface area contributed by atoms with Gasteiger partial charge in [0.1, 0.15) is 66.5 Å². The lowest BCUT2D eigenvalue weighted by atomic mass is 9.97. The highest BCUT2D eigenvalue weighted by Gasteiger charge is 2.40. The van der Waals surface area contributed by atoms with E-state index in [4.69, 9.17) is 40.1 Å². The number of carboxylic acids is 2. The second kappa shape index (κ2) is 39.8. The maximum absolute atomic E-state index is 14.1. The highest BCUT2D eigenvalue weighted by molar-refractivity contribution is 6.00. The molecule has 0 aromatic heterocycles. The molecule has 514 valence electrons. The van der Waals surface area contributed by atoms with Gasteiger partial charge in [-0.1, -0.05) is 48.0 Å². The number of aliphatic imine (C=N–C) groups is 3. The van der Waals surface area contributed by atoms with E-state index in [1.807, 2.05) is 6.92 Å². The Morgan fingerprint density at radius 1 is 0.451 bits per heavy atom. The summed E-state index contributed by atoms with van der Waals surface area (Å²) in [4.78, 5) is 187.